The molecule has 2 aromatic rings. The number of carbonyl (C=O) groups excluding carboxylic acids is 1. The Morgan fingerprint density at radius 2 is 1.65 bits per heavy atom. The summed E-state index contributed by atoms with van der Waals surface area (Å²) in [7, 11) is 0. The highest BCUT2D eigenvalue weighted by atomic mass is 16.6. The Morgan fingerprint density at radius 1 is 1.00 bits per heavy atom. The number of hydrogen-bond donors (Lipinski definition) is 0. The van der Waals surface area contributed by atoms with Crippen molar-refractivity contribution >= 4 is 23.9 Å². The Kier molecular flexibility index (Phi) is 5.47. The molecule has 0 radical (unpaired) electrons. The number of carbonyl (C=O) groups is 1. The number of benzene rings is 2. The summed E-state index contributed by atoms with van der Waals surface area (Å²) >= 11 is 0. The Balaban J connectivity index is 2.15. The molecule has 0 N–H and O–H groups in total. The maximum Gasteiger partial charge on any atom is 0.331 e. The minimum atomic E-state index is -0.494. The predicted octanol–water partition coefficient (Wildman–Crippen LogP) is 4.79. The molecule has 0 aliphatic carbocycles. The summed E-state index contributed by atoms with van der Waals surface area (Å²) in [5, 5.41) is 0. The van der Waals surface area contributed by atoms with Gasteiger partial charge in [-0.2, -0.15) is 0 Å². The van der Waals surface area contributed by atoms with Crippen LogP contribution in [-0.4, -0.2) is 17.8 Å². The number of hydrogen-bond acceptors (Lipinski definition) is 3. The van der Waals surface area contributed by atoms with Crippen LogP contribution in [0.5, 0.6) is 0 Å². The van der Waals surface area contributed by atoms with E-state index < -0.39 is 5.60 Å². The van der Waals surface area contributed by atoms with E-state index in [1.807, 2.05) is 75.4 Å². The first-order chi connectivity index (χ1) is 10.9. The summed E-state index contributed by atoms with van der Waals surface area (Å²) in [6.45, 7) is 5.53. The zero-order chi connectivity index (χ0) is 16.7. The molecule has 0 spiro atoms. The van der Waals surface area contributed by atoms with Gasteiger partial charge < -0.3 is 4.74 Å². The number of para-hydroxylation sites is 1. The molecular formula is C20H21NO2. The third-order valence-corrected chi connectivity index (χ3v) is 2.89. The first kappa shape index (κ1) is 16.7. The van der Waals surface area contributed by atoms with Gasteiger partial charge in [0.2, 0.25) is 0 Å². The van der Waals surface area contributed by atoms with Gasteiger partial charge in [-0.15, -0.1) is 0 Å². The van der Waals surface area contributed by atoms with Gasteiger partial charge in [0.15, 0.2) is 0 Å². The zero-order valence-corrected chi connectivity index (χ0v) is 13.7. The molecule has 2 aromatic carbocycles. The van der Waals surface area contributed by atoms with Crippen molar-refractivity contribution in [1.29, 1.82) is 0 Å². The van der Waals surface area contributed by atoms with Crippen LogP contribution in [0, 0.1) is 0 Å². The molecule has 0 amide bonds. The fourth-order valence-electron chi connectivity index (χ4n) is 1.92. The minimum Gasteiger partial charge on any atom is -0.457 e. The van der Waals surface area contributed by atoms with Crippen LogP contribution in [-0.2, 0) is 9.53 Å². The summed E-state index contributed by atoms with van der Waals surface area (Å²) in [5.74, 6) is -0.362. The van der Waals surface area contributed by atoms with Crippen molar-refractivity contribution in [2.75, 3.05) is 0 Å². The van der Waals surface area contributed by atoms with Crippen LogP contribution in [0.3, 0.4) is 0 Å². The second-order valence-corrected chi connectivity index (χ2v) is 6.09. The van der Waals surface area contributed by atoms with Crippen LogP contribution in [0.2, 0.25) is 0 Å². The normalized spacial score (nSPS) is 12.0. The molecular weight excluding hydrogens is 286 g/mol. The maximum absolute atomic E-state index is 11.8. The van der Waals surface area contributed by atoms with Gasteiger partial charge in [0.05, 0.1) is 5.69 Å². The molecule has 118 valence electrons. The summed E-state index contributed by atoms with van der Waals surface area (Å²) in [5.41, 5.74) is 2.20. The molecule has 0 aliphatic heterocycles. The highest BCUT2D eigenvalue weighted by molar-refractivity contribution is 5.89. The van der Waals surface area contributed by atoms with Crippen LogP contribution in [0.25, 0.3) is 6.08 Å². The Morgan fingerprint density at radius 3 is 2.35 bits per heavy atom. The van der Waals surface area contributed by atoms with Gasteiger partial charge in [0.25, 0.3) is 0 Å². The monoisotopic (exact) mass is 307 g/mol. The van der Waals surface area contributed by atoms with Crippen LogP contribution >= 0.6 is 0 Å². The van der Waals surface area contributed by atoms with Crippen molar-refractivity contribution in [3.05, 3.63) is 71.8 Å². The molecule has 23 heavy (non-hydrogen) atoms. The number of ether oxygens (including phenoxy) is 1. The van der Waals surface area contributed by atoms with E-state index in [9.17, 15) is 4.79 Å². The minimum absolute atomic E-state index is 0.362. The van der Waals surface area contributed by atoms with Crippen LogP contribution in [0.15, 0.2) is 65.7 Å². The largest absolute Gasteiger partial charge is 0.457 e. The van der Waals surface area contributed by atoms with E-state index >= 15 is 0 Å². The number of rotatable bonds is 4. The summed E-state index contributed by atoms with van der Waals surface area (Å²) in [6, 6.07) is 17.5. The van der Waals surface area contributed by atoms with E-state index in [1.54, 1.807) is 12.3 Å². The second kappa shape index (κ2) is 7.54. The van der Waals surface area contributed by atoms with Gasteiger partial charge in [-0.25, -0.2) is 4.79 Å². The van der Waals surface area contributed by atoms with E-state index in [0.29, 0.717) is 0 Å². The molecule has 3 heteroatoms. The molecule has 0 aliphatic rings. The first-order valence-electron chi connectivity index (χ1n) is 7.53. The van der Waals surface area contributed by atoms with Crippen molar-refractivity contribution in [3.8, 4) is 0 Å². The van der Waals surface area contributed by atoms with Gasteiger partial charge in [-0.05, 0) is 38.5 Å². The van der Waals surface area contributed by atoms with Gasteiger partial charge in [0.1, 0.15) is 5.60 Å². The lowest BCUT2D eigenvalue weighted by atomic mass is 10.1. The third kappa shape index (κ3) is 5.91. The fourth-order valence-corrected chi connectivity index (χ4v) is 1.92. The lowest BCUT2D eigenvalue weighted by Crippen LogP contribution is -2.22. The highest BCUT2D eigenvalue weighted by Gasteiger charge is 2.13. The third-order valence-electron chi connectivity index (χ3n) is 2.89. The molecule has 0 atom stereocenters. The van der Waals surface area contributed by atoms with Gasteiger partial charge in [-0.1, -0.05) is 48.5 Å². The van der Waals surface area contributed by atoms with Crippen LogP contribution in [0.1, 0.15) is 31.9 Å². The Hall–Kier alpha value is -2.68. The molecule has 0 aromatic heterocycles. The van der Waals surface area contributed by atoms with Crippen LogP contribution in [0.4, 0.5) is 5.69 Å². The van der Waals surface area contributed by atoms with Gasteiger partial charge in [0, 0.05) is 17.9 Å². The highest BCUT2D eigenvalue weighted by Crippen LogP contribution is 2.20. The molecule has 0 saturated carbocycles. The van der Waals surface area contributed by atoms with Crippen molar-refractivity contribution in [2.45, 2.75) is 26.4 Å². The Bertz CT molecular complexity index is 710. The topological polar surface area (TPSA) is 38.7 Å². The quantitative estimate of drug-likeness (QED) is 0.462. The predicted molar refractivity (Wildman–Crippen MR) is 95.0 cm³/mol. The molecule has 0 fully saturated rings. The molecule has 0 heterocycles. The zero-order valence-electron chi connectivity index (χ0n) is 13.7. The number of nitrogens with zero attached hydrogens (tertiary/aromatic N) is 1. The Labute approximate surface area is 137 Å². The van der Waals surface area contributed by atoms with Crippen molar-refractivity contribution < 1.29 is 9.53 Å². The van der Waals surface area contributed by atoms with Gasteiger partial charge in [-0.3, -0.25) is 4.99 Å². The maximum atomic E-state index is 11.8. The average Bonchev–Trinajstić information content (AvgIpc) is 2.51. The molecule has 2 rings (SSSR count). The van der Waals surface area contributed by atoms with Crippen LogP contribution < -0.4 is 0 Å². The van der Waals surface area contributed by atoms with E-state index in [1.165, 1.54) is 6.08 Å². The molecule has 0 saturated heterocycles. The average molecular weight is 307 g/mol. The number of esters is 1. The summed E-state index contributed by atoms with van der Waals surface area (Å²) in [4.78, 5) is 16.3. The van der Waals surface area contributed by atoms with E-state index in [4.69, 9.17) is 4.74 Å². The van der Waals surface area contributed by atoms with Crippen molar-refractivity contribution in [3.63, 3.8) is 0 Å². The van der Waals surface area contributed by atoms with Gasteiger partial charge >= 0.3 is 5.97 Å². The molecule has 0 bridgehead atoms. The van der Waals surface area contributed by atoms with Crippen molar-refractivity contribution in [2.24, 2.45) is 4.99 Å². The lowest BCUT2D eigenvalue weighted by molar-refractivity contribution is -0.148. The standard InChI is InChI=1S/C20H21NO2/c1-20(2,3)23-19(22)14-13-17-11-7-8-12-18(17)21-15-16-9-5-4-6-10-16/h4-15H,1-3H3/b14-13+,21-15?. The molecule has 0 unspecified atom stereocenters. The van der Waals surface area contributed by atoms with E-state index in [0.717, 1.165) is 16.8 Å². The van der Waals surface area contributed by atoms with E-state index in [2.05, 4.69) is 4.99 Å². The number of aliphatic imine (C=N–C) groups is 1. The summed E-state index contributed by atoms with van der Waals surface area (Å²) in [6.07, 6.45) is 4.97. The SMILES string of the molecule is CC(C)(C)OC(=O)/C=C/c1ccccc1N=Cc1ccccc1. The second-order valence-electron chi connectivity index (χ2n) is 6.09. The summed E-state index contributed by atoms with van der Waals surface area (Å²) < 4.78 is 5.26. The van der Waals surface area contributed by atoms with Crippen molar-refractivity contribution in [1.82, 2.24) is 0 Å². The molecule has 3 nitrogen and oxygen atoms in total. The fraction of sp³-hybridized carbons (Fsp3) is 0.200. The van der Waals surface area contributed by atoms with E-state index in [-0.39, 0.29) is 5.97 Å². The smallest absolute Gasteiger partial charge is 0.331 e. The first-order valence-corrected chi connectivity index (χ1v) is 7.53. The lowest BCUT2D eigenvalue weighted by Gasteiger charge is -2.17.